The van der Waals surface area contributed by atoms with E-state index in [1.54, 1.807) is 11.1 Å². The number of aliphatic hydroxyl groups is 1. The maximum Gasteiger partial charge on any atom is 0.219 e. The number of nitrogens with one attached hydrogen (secondary N) is 1. The molecule has 1 atom stereocenters. The summed E-state index contributed by atoms with van der Waals surface area (Å²) in [5.41, 5.74) is -0.951. The maximum absolute atomic E-state index is 11.5. The summed E-state index contributed by atoms with van der Waals surface area (Å²) in [5, 5.41) is 13.8. The van der Waals surface area contributed by atoms with Crippen molar-refractivity contribution in [2.24, 2.45) is 0 Å². The fraction of sp³-hybridized carbons (Fsp3) is 0.667. The number of imidazole rings is 1. The van der Waals surface area contributed by atoms with Crippen LogP contribution in [-0.2, 0) is 11.3 Å². The molecule has 100 valence electrons. The first-order valence-corrected chi connectivity index (χ1v) is 6.16. The third kappa shape index (κ3) is 2.88. The molecule has 1 saturated heterocycles. The topological polar surface area (TPSA) is 70.4 Å². The third-order valence-corrected chi connectivity index (χ3v) is 3.33. The van der Waals surface area contributed by atoms with Crippen molar-refractivity contribution < 1.29 is 9.90 Å². The summed E-state index contributed by atoms with van der Waals surface area (Å²) in [6.07, 6.45) is 3.56. The molecule has 0 bridgehead atoms. The van der Waals surface area contributed by atoms with Crippen molar-refractivity contribution >= 4 is 5.91 Å². The summed E-state index contributed by atoms with van der Waals surface area (Å²) >= 11 is 0. The molecule has 1 aliphatic heterocycles. The van der Waals surface area contributed by atoms with Crippen LogP contribution in [0, 0.1) is 6.92 Å². The molecular formula is C12H20N4O2. The number of hydrogen-bond acceptors (Lipinski definition) is 4. The molecular weight excluding hydrogens is 232 g/mol. The molecule has 6 heteroatoms. The fourth-order valence-electron chi connectivity index (χ4n) is 2.29. The van der Waals surface area contributed by atoms with Crippen molar-refractivity contribution in [1.29, 1.82) is 0 Å². The van der Waals surface area contributed by atoms with E-state index >= 15 is 0 Å². The van der Waals surface area contributed by atoms with E-state index in [1.807, 2.05) is 17.7 Å². The van der Waals surface area contributed by atoms with Crippen LogP contribution in [0.5, 0.6) is 0 Å². The molecule has 2 N–H and O–H groups in total. The van der Waals surface area contributed by atoms with Crippen LogP contribution in [0.25, 0.3) is 0 Å². The van der Waals surface area contributed by atoms with Crippen LogP contribution >= 0.6 is 0 Å². The zero-order chi connectivity index (χ0) is 13.2. The molecule has 1 aromatic rings. The monoisotopic (exact) mass is 252 g/mol. The normalized spacial score (nSPS) is 24.9. The summed E-state index contributed by atoms with van der Waals surface area (Å²) < 4.78 is 1.91. The summed E-state index contributed by atoms with van der Waals surface area (Å²) in [6.45, 7) is 6.06. The molecule has 1 aliphatic rings. The van der Waals surface area contributed by atoms with Crippen molar-refractivity contribution in [3.63, 3.8) is 0 Å². The van der Waals surface area contributed by atoms with Gasteiger partial charge < -0.3 is 19.9 Å². The highest BCUT2D eigenvalue weighted by atomic mass is 16.3. The minimum Gasteiger partial charge on any atom is -0.385 e. The van der Waals surface area contributed by atoms with E-state index in [2.05, 4.69) is 10.3 Å². The summed E-state index contributed by atoms with van der Waals surface area (Å²) in [7, 11) is 0. The van der Waals surface area contributed by atoms with Gasteiger partial charge in [0, 0.05) is 39.0 Å². The van der Waals surface area contributed by atoms with Gasteiger partial charge in [0.05, 0.1) is 13.1 Å². The van der Waals surface area contributed by atoms with Gasteiger partial charge in [0.15, 0.2) is 0 Å². The second-order valence-electron chi connectivity index (χ2n) is 4.94. The Morgan fingerprint density at radius 3 is 3.06 bits per heavy atom. The van der Waals surface area contributed by atoms with Crippen LogP contribution in [0.4, 0.5) is 0 Å². The zero-order valence-electron chi connectivity index (χ0n) is 10.9. The lowest BCUT2D eigenvalue weighted by molar-refractivity contribution is -0.131. The molecule has 18 heavy (non-hydrogen) atoms. The lowest BCUT2D eigenvalue weighted by Gasteiger charge is -2.31. The molecule has 0 aliphatic carbocycles. The molecule has 2 heterocycles. The molecule has 0 saturated carbocycles. The van der Waals surface area contributed by atoms with Gasteiger partial charge in [-0.2, -0.15) is 0 Å². The fourth-order valence-corrected chi connectivity index (χ4v) is 2.29. The van der Waals surface area contributed by atoms with Crippen molar-refractivity contribution in [3.05, 3.63) is 18.2 Å². The molecule has 0 aromatic carbocycles. The Kier molecular flexibility index (Phi) is 3.68. The van der Waals surface area contributed by atoms with Crippen molar-refractivity contribution in [1.82, 2.24) is 19.8 Å². The minimum atomic E-state index is -0.951. The number of hydrogen-bond donors (Lipinski definition) is 2. The SMILES string of the molecule is CC(=O)N1CCNCC(O)(Cn2ccnc2C)C1. The lowest BCUT2D eigenvalue weighted by Crippen LogP contribution is -2.50. The van der Waals surface area contributed by atoms with Crippen LogP contribution in [0.2, 0.25) is 0 Å². The second-order valence-corrected chi connectivity index (χ2v) is 4.94. The molecule has 1 aromatic heterocycles. The third-order valence-electron chi connectivity index (χ3n) is 3.33. The summed E-state index contributed by atoms with van der Waals surface area (Å²) in [6, 6.07) is 0. The van der Waals surface area contributed by atoms with Gasteiger partial charge in [0.2, 0.25) is 5.91 Å². The Balaban J connectivity index is 2.12. The number of amides is 1. The first-order chi connectivity index (χ1) is 8.50. The number of nitrogens with zero attached hydrogens (tertiary/aromatic N) is 3. The number of rotatable bonds is 2. The number of carbonyl (C=O) groups excluding carboxylic acids is 1. The summed E-state index contributed by atoms with van der Waals surface area (Å²) in [4.78, 5) is 17.3. The average Bonchev–Trinajstić information content (AvgIpc) is 2.59. The van der Waals surface area contributed by atoms with E-state index in [0.29, 0.717) is 32.7 Å². The highest BCUT2D eigenvalue weighted by Crippen LogP contribution is 2.14. The number of aromatic nitrogens is 2. The largest absolute Gasteiger partial charge is 0.385 e. The zero-order valence-corrected chi connectivity index (χ0v) is 10.9. The molecule has 1 fully saturated rings. The predicted octanol–water partition coefficient (Wildman–Crippen LogP) is -0.626. The van der Waals surface area contributed by atoms with E-state index in [9.17, 15) is 9.90 Å². The van der Waals surface area contributed by atoms with Crippen molar-refractivity contribution in [2.45, 2.75) is 26.0 Å². The van der Waals surface area contributed by atoms with Crippen LogP contribution in [0.3, 0.4) is 0 Å². The Labute approximate surface area is 107 Å². The highest BCUT2D eigenvalue weighted by Gasteiger charge is 2.33. The van der Waals surface area contributed by atoms with Gasteiger partial charge in [0.25, 0.3) is 0 Å². The van der Waals surface area contributed by atoms with Gasteiger partial charge >= 0.3 is 0 Å². The second kappa shape index (κ2) is 5.07. The lowest BCUT2D eigenvalue weighted by atomic mass is 10.0. The minimum absolute atomic E-state index is 0.000483. The Morgan fingerprint density at radius 2 is 2.44 bits per heavy atom. The van der Waals surface area contributed by atoms with E-state index in [0.717, 1.165) is 5.82 Å². The Hall–Kier alpha value is -1.40. The Morgan fingerprint density at radius 1 is 1.67 bits per heavy atom. The molecule has 6 nitrogen and oxygen atoms in total. The van der Waals surface area contributed by atoms with Gasteiger partial charge in [0.1, 0.15) is 11.4 Å². The van der Waals surface area contributed by atoms with Crippen molar-refractivity contribution in [3.8, 4) is 0 Å². The number of β-amino-alcohol motifs (C(OH)–C–C–N with tert-alkyl or cyclic N) is 1. The van der Waals surface area contributed by atoms with Gasteiger partial charge in [-0.3, -0.25) is 4.79 Å². The average molecular weight is 252 g/mol. The smallest absolute Gasteiger partial charge is 0.219 e. The van der Waals surface area contributed by atoms with E-state index in [1.165, 1.54) is 6.92 Å². The number of aryl methyl sites for hydroxylation is 1. The van der Waals surface area contributed by atoms with Crippen LogP contribution in [0.1, 0.15) is 12.7 Å². The standard InChI is InChI=1S/C12H20N4O2/c1-10-14-4-6-15(10)8-12(18)7-13-3-5-16(9-12)11(2)17/h4,6,13,18H,3,5,7-9H2,1-2H3. The van der Waals surface area contributed by atoms with Gasteiger partial charge in [-0.15, -0.1) is 0 Å². The first-order valence-electron chi connectivity index (χ1n) is 6.16. The molecule has 1 amide bonds. The van der Waals surface area contributed by atoms with Gasteiger partial charge in [-0.1, -0.05) is 0 Å². The van der Waals surface area contributed by atoms with Crippen LogP contribution < -0.4 is 5.32 Å². The quantitative estimate of drug-likeness (QED) is 0.735. The van der Waals surface area contributed by atoms with E-state index in [-0.39, 0.29) is 5.91 Å². The van der Waals surface area contributed by atoms with Gasteiger partial charge in [-0.05, 0) is 6.92 Å². The molecule has 0 radical (unpaired) electrons. The van der Waals surface area contributed by atoms with E-state index < -0.39 is 5.60 Å². The van der Waals surface area contributed by atoms with Crippen LogP contribution in [-0.4, -0.2) is 57.2 Å². The number of carbonyl (C=O) groups is 1. The van der Waals surface area contributed by atoms with E-state index in [4.69, 9.17) is 0 Å². The molecule has 2 rings (SSSR count). The highest BCUT2D eigenvalue weighted by molar-refractivity contribution is 5.73. The summed E-state index contributed by atoms with van der Waals surface area (Å²) in [5.74, 6) is 0.863. The molecule has 1 unspecified atom stereocenters. The Bertz CT molecular complexity index is 431. The van der Waals surface area contributed by atoms with Crippen LogP contribution in [0.15, 0.2) is 12.4 Å². The predicted molar refractivity (Wildman–Crippen MR) is 67.0 cm³/mol. The molecule has 0 spiro atoms. The maximum atomic E-state index is 11.5. The van der Waals surface area contributed by atoms with Crippen molar-refractivity contribution in [2.75, 3.05) is 26.2 Å². The van der Waals surface area contributed by atoms with Gasteiger partial charge in [-0.25, -0.2) is 4.98 Å². The first kappa shape index (κ1) is 13.0.